The normalized spacial score (nSPS) is 39.5. The molecule has 1 heterocycles. The number of rotatable bonds is 0. The predicted octanol–water partition coefficient (Wildman–Crippen LogP) is 2.37. The molecule has 12 heavy (non-hydrogen) atoms. The predicted molar refractivity (Wildman–Crippen MR) is 49.3 cm³/mol. The molecule has 0 amide bonds. The molecule has 0 saturated carbocycles. The van der Waals surface area contributed by atoms with Gasteiger partial charge in [-0.25, -0.2) is 0 Å². The molecule has 0 aromatic rings. The zero-order valence-electron chi connectivity index (χ0n) is 8.97. The van der Waals surface area contributed by atoms with Gasteiger partial charge in [0.1, 0.15) is 0 Å². The van der Waals surface area contributed by atoms with Crippen molar-refractivity contribution in [3.8, 4) is 0 Å². The van der Waals surface area contributed by atoms with Gasteiger partial charge in [0.2, 0.25) is 0 Å². The summed E-state index contributed by atoms with van der Waals surface area (Å²) in [6, 6.07) is 0. The molecule has 0 aromatic heterocycles. The van der Waals surface area contributed by atoms with Crippen LogP contribution < -0.4 is 0 Å². The van der Waals surface area contributed by atoms with Crippen LogP contribution in [0.5, 0.6) is 0 Å². The molecule has 1 rings (SSSR count). The molecule has 1 aliphatic rings. The first-order valence-corrected chi connectivity index (χ1v) is 4.62. The van der Waals surface area contributed by atoms with E-state index in [1.54, 1.807) is 0 Å². The van der Waals surface area contributed by atoms with Gasteiger partial charge >= 0.3 is 0 Å². The first kappa shape index (κ1) is 10.0. The van der Waals surface area contributed by atoms with Crippen molar-refractivity contribution < 1.29 is 9.47 Å². The Morgan fingerprint density at radius 1 is 0.750 bits per heavy atom. The lowest BCUT2D eigenvalue weighted by molar-refractivity contribution is -0.285. The summed E-state index contributed by atoms with van der Waals surface area (Å²) in [6.07, 6.45) is 0.376. The van der Waals surface area contributed by atoms with Crippen LogP contribution in [0.15, 0.2) is 0 Å². The van der Waals surface area contributed by atoms with Crippen molar-refractivity contribution in [1.29, 1.82) is 0 Å². The van der Waals surface area contributed by atoms with Crippen LogP contribution in [0.25, 0.3) is 0 Å². The van der Waals surface area contributed by atoms with Gasteiger partial charge in [-0.05, 0) is 41.5 Å². The number of hydrogen-bond donors (Lipinski definition) is 0. The smallest absolute Gasteiger partial charge is 0.0914 e. The van der Waals surface area contributed by atoms with Crippen molar-refractivity contribution in [1.82, 2.24) is 0 Å². The van der Waals surface area contributed by atoms with Crippen LogP contribution in [0.1, 0.15) is 41.5 Å². The van der Waals surface area contributed by atoms with Crippen LogP contribution in [0, 0.1) is 0 Å². The van der Waals surface area contributed by atoms with Gasteiger partial charge in [0, 0.05) is 0 Å². The second kappa shape index (κ2) is 2.71. The summed E-state index contributed by atoms with van der Waals surface area (Å²) in [5.41, 5.74) is -0.391. The summed E-state index contributed by atoms with van der Waals surface area (Å²) in [5, 5.41) is 0. The molecule has 0 radical (unpaired) electrons. The highest BCUT2D eigenvalue weighted by atomic mass is 16.6. The van der Waals surface area contributed by atoms with Crippen LogP contribution in [0.3, 0.4) is 0 Å². The fraction of sp³-hybridized carbons (Fsp3) is 1.00. The Morgan fingerprint density at radius 3 is 1.25 bits per heavy atom. The lowest BCUT2D eigenvalue weighted by atomic mass is 9.87. The minimum Gasteiger partial charge on any atom is -0.367 e. The highest BCUT2D eigenvalue weighted by molar-refractivity contribution is 4.94. The summed E-state index contributed by atoms with van der Waals surface area (Å²) >= 11 is 0. The lowest BCUT2D eigenvalue weighted by Crippen LogP contribution is -2.59. The molecule has 72 valence electrons. The van der Waals surface area contributed by atoms with Gasteiger partial charge in [-0.3, -0.25) is 0 Å². The third-order valence-electron chi connectivity index (χ3n) is 3.07. The zero-order valence-corrected chi connectivity index (χ0v) is 8.97. The Labute approximate surface area is 75.2 Å². The molecule has 1 fully saturated rings. The maximum absolute atomic E-state index is 5.88. The van der Waals surface area contributed by atoms with E-state index in [2.05, 4.69) is 41.5 Å². The maximum atomic E-state index is 5.88. The van der Waals surface area contributed by atoms with E-state index < -0.39 is 0 Å². The summed E-state index contributed by atoms with van der Waals surface area (Å²) < 4.78 is 11.8. The molecule has 0 bridgehead atoms. The van der Waals surface area contributed by atoms with E-state index in [1.165, 1.54) is 0 Å². The standard InChI is InChI=1S/C10H20O2/c1-7-8(2)12-10(5,6)9(3,4)11-7/h7-8H,1-6H3/t7-,8?/m1/s1. The number of ether oxygens (including phenoxy) is 2. The van der Waals surface area contributed by atoms with Crippen LogP contribution in [-0.2, 0) is 9.47 Å². The Hall–Kier alpha value is -0.0800. The van der Waals surface area contributed by atoms with Crippen LogP contribution in [-0.4, -0.2) is 23.4 Å². The highest BCUT2D eigenvalue weighted by Gasteiger charge is 2.46. The van der Waals surface area contributed by atoms with E-state index in [9.17, 15) is 0 Å². The first-order chi connectivity index (χ1) is 5.26. The summed E-state index contributed by atoms with van der Waals surface area (Å²) in [4.78, 5) is 0. The molecule has 1 unspecified atom stereocenters. The fourth-order valence-electron chi connectivity index (χ4n) is 1.40. The highest BCUT2D eigenvalue weighted by Crippen LogP contribution is 2.36. The minimum absolute atomic E-state index is 0.188. The Morgan fingerprint density at radius 2 is 1.00 bits per heavy atom. The van der Waals surface area contributed by atoms with Crippen LogP contribution >= 0.6 is 0 Å². The Balaban J connectivity index is 2.80. The average molecular weight is 172 g/mol. The van der Waals surface area contributed by atoms with Gasteiger partial charge in [-0.2, -0.15) is 0 Å². The second-order valence-corrected chi connectivity index (χ2v) is 4.67. The quantitative estimate of drug-likeness (QED) is 0.558. The Kier molecular flexibility index (Phi) is 2.26. The van der Waals surface area contributed by atoms with E-state index in [0.717, 1.165) is 0 Å². The van der Waals surface area contributed by atoms with Crippen molar-refractivity contribution in [2.45, 2.75) is 65.0 Å². The van der Waals surface area contributed by atoms with Crippen molar-refractivity contribution >= 4 is 0 Å². The van der Waals surface area contributed by atoms with Gasteiger partial charge in [0.25, 0.3) is 0 Å². The molecule has 2 nitrogen and oxygen atoms in total. The third-order valence-corrected chi connectivity index (χ3v) is 3.07. The molecular weight excluding hydrogens is 152 g/mol. The van der Waals surface area contributed by atoms with Gasteiger partial charge in [0.05, 0.1) is 23.4 Å². The Bertz CT molecular complexity index is 153. The summed E-state index contributed by atoms with van der Waals surface area (Å²) in [7, 11) is 0. The van der Waals surface area contributed by atoms with E-state index >= 15 is 0 Å². The molecule has 1 saturated heterocycles. The second-order valence-electron chi connectivity index (χ2n) is 4.67. The van der Waals surface area contributed by atoms with Gasteiger partial charge < -0.3 is 9.47 Å². The first-order valence-electron chi connectivity index (χ1n) is 4.62. The maximum Gasteiger partial charge on any atom is 0.0914 e. The molecular formula is C10H20O2. The van der Waals surface area contributed by atoms with Crippen molar-refractivity contribution in [3.63, 3.8) is 0 Å². The van der Waals surface area contributed by atoms with E-state index in [1.807, 2.05) is 0 Å². The average Bonchev–Trinajstić information content (AvgIpc) is 1.82. The van der Waals surface area contributed by atoms with Gasteiger partial charge in [-0.1, -0.05) is 0 Å². The molecule has 2 atom stereocenters. The molecule has 0 N–H and O–H groups in total. The topological polar surface area (TPSA) is 18.5 Å². The van der Waals surface area contributed by atoms with Gasteiger partial charge in [-0.15, -0.1) is 0 Å². The molecule has 0 aliphatic carbocycles. The van der Waals surface area contributed by atoms with E-state index in [-0.39, 0.29) is 23.4 Å². The largest absolute Gasteiger partial charge is 0.367 e. The van der Waals surface area contributed by atoms with E-state index in [0.29, 0.717) is 0 Å². The molecule has 1 aliphatic heterocycles. The molecule has 2 heteroatoms. The van der Waals surface area contributed by atoms with Crippen molar-refractivity contribution in [2.75, 3.05) is 0 Å². The van der Waals surface area contributed by atoms with E-state index in [4.69, 9.17) is 9.47 Å². The van der Waals surface area contributed by atoms with Gasteiger partial charge in [0.15, 0.2) is 0 Å². The third kappa shape index (κ3) is 1.50. The minimum atomic E-state index is -0.196. The monoisotopic (exact) mass is 172 g/mol. The molecule has 0 aromatic carbocycles. The summed E-state index contributed by atoms with van der Waals surface area (Å²) in [6.45, 7) is 12.4. The zero-order chi connectivity index (χ0) is 9.57. The molecule has 0 spiro atoms. The van der Waals surface area contributed by atoms with Crippen LogP contribution in [0.4, 0.5) is 0 Å². The van der Waals surface area contributed by atoms with Crippen LogP contribution in [0.2, 0.25) is 0 Å². The fourth-order valence-corrected chi connectivity index (χ4v) is 1.40. The lowest BCUT2D eigenvalue weighted by Gasteiger charge is -2.50. The number of hydrogen-bond acceptors (Lipinski definition) is 2. The summed E-state index contributed by atoms with van der Waals surface area (Å²) in [5.74, 6) is 0. The van der Waals surface area contributed by atoms with Crippen molar-refractivity contribution in [3.05, 3.63) is 0 Å². The SMILES string of the molecule is CC1OC(C)(C)C(C)(C)O[C@@H]1C. The van der Waals surface area contributed by atoms with Crippen molar-refractivity contribution in [2.24, 2.45) is 0 Å².